The first-order chi connectivity index (χ1) is 9.02. The first kappa shape index (κ1) is 12.8. The lowest BCUT2D eigenvalue weighted by Gasteiger charge is -2.07. The average Bonchev–Trinajstić information content (AvgIpc) is 2.41. The predicted molar refractivity (Wildman–Crippen MR) is 66.1 cm³/mol. The Hall–Kier alpha value is -2.64. The van der Waals surface area contributed by atoms with Crippen molar-refractivity contribution >= 4 is 17.3 Å². The van der Waals surface area contributed by atoms with Crippen molar-refractivity contribution in [2.45, 2.75) is 0 Å². The van der Waals surface area contributed by atoms with Crippen molar-refractivity contribution in [3.8, 4) is 0 Å². The van der Waals surface area contributed by atoms with Crippen LogP contribution in [0.25, 0.3) is 0 Å². The van der Waals surface area contributed by atoms with Crippen LogP contribution in [0.5, 0.6) is 0 Å². The van der Waals surface area contributed by atoms with Gasteiger partial charge in [0.25, 0.3) is 0 Å². The van der Waals surface area contributed by atoms with Crippen LogP contribution < -0.4 is 11.1 Å². The fourth-order valence-corrected chi connectivity index (χ4v) is 1.43. The lowest BCUT2D eigenvalue weighted by molar-refractivity contribution is 0.617. The van der Waals surface area contributed by atoms with Gasteiger partial charge in [0, 0.05) is 12.6 Å². The molecular weight excluding hydrogens is 254 g/mol. The first-order valence-electron chi connectivity index (χ1n) is 5.23. The first-order valence-corrected chi connectivity index (χ1v) is 5.23. The highest BCUT2D eigenvalue weighted by molar-refractivity contribution is 6.11. The summed E-state index contributed by atoms with van der Waals surface area (Å²) >= 11 is 0. The van der Waals surface area contributed by atoms with Crippen molar-refractivity contribution < 1.29 is 8.78 Å². The molecule has 0 saturated carbocycles. The second-order valence-corrected chi connectivity index (χ2v) is 3.60. The van der Waals surface area contributed by atoms with E-state index in [4.69, 9.17) is 11.1 Å². The van der Waals surface area contributed by atoms with Gasteiger partial charge in [-0.05, 0) is 6.07 Å². The van der Waals surface area contributed by atoms with Crippen LogP contribution in [0.4, 0.5) is 20.4 Å². The van der Waals surface area contributed by atoms with Gasteiger partial charge in [0.05, 0.1) is 12.4 Å². The van der Waals surface area contributed by atoms with E-state index in [-0.39, 0.29) is 28.7 Å². The molecule has 0 amide bonds. The van der Waals surface area contributed by atoms with E-state index in [1.807, 2.05) is 0 Å². The third-order valence-electron chi connectivity index (χ3n) is 2.36. The highest BCUT2D eigenvalue weighted by Crippen LogP contribution is 2.15. The molecule has 0 unspecified atom stereocenters. The van der Waals surface area contributed by atoms with Crippen LogP contribution in [0, 0.1) is 17.0 Å². The van der Waals surface area contributed by atoms with Gasteiger partial charge in [0.1, 0.15) is 17.3 Å². The topological polar surface area (TPSA) is 101 Å². The summed E-state index contributed by atoms with van der Waals surface area (Å²) in [4.78, 5) is 11.1. The van der Waals surface area contributed by atoms with Crippen molar-refractivity contribution in [2.24, 2.45) is 0 Å². The van der Waals surface area contributed by atoms with E-state index < -0.39 is 11.6 Å². The maximum absolute atomic E-state index is 13.2. The Morgan fingerprint density at radius 2 is 2.05 bits per heavy atom. The zero-order valence-corrected chi connectivity index (χ0v) is 9.91. The van der Waals surface area contributed by atoms with Gasteiger partial charge in [-0.1, -0.05) is 0 Å². The molecular formula is C11H10F2N6. The molecule has 6 nitrogen and oxygen atoms in total. The van der Waals surface area contributed by atoms with Crippen LogP contribution in [0.3, 0.4) is 0 Å². The van der Waals surface area contributed by atoms with Gasteiger partial charge in [-0.3, -0.25) is 5.41 Å². The number of rotatable bonds is 3. The summed E-state index contributed by atoms with van der Waals surface area (Å²) in [7, 11) is 1.48. The highest BCUT2D eigenvalue weighted by atomic mass is 19.1. The second kappa shape index (κ2) is 4.92. The van der Waals surface area contributed by atoms with E-state index in [0.29, 0.717) is 0 Å². The number of halogens is 2. The molecule has 0 fully saturated rings. The summed E-state index contributed by atoms with van der Waals surface area (Å²) < 4.78 is 26.3. The molecule has 0 saturated heterocycles. The molecule has 0 spiro atoms. The Morgan fingerprint density at radius 1 is 1.32 bits per heavy atom. The molecule has 8 heteroatoms. The summed E-state index contributed by atoms with van der Waals surface area (Å²) in [6, 6.07) is 1.05. The van der Waals surface area contributed by atoms with Crippen molar-refractivity contribution in [1.82, 2.24) is 15.0 Å². The Kier molecular flexibility index (Phi) is 3.32. The van der Waals surface area contributed by atoms with Gasteiger partial charge >= 0.3 is 0 Å². The minimum atomic E-state index is -0.649. The van der Waals surface area contributed by atoms with E-state index in [2.05, 4.69) is 20.3 Å². The lowest BCUT2D eigenvalue weighted by atomic mass is 10.1. The largest absolute Gasteiger partial charge is 0.383 e. The molecule has 19 heavy (non-hydrogen) atoms. The van der Waals surface area contributed by atoms with Gasteiger partial charge in [0.15, 0.2) is 17.5 Å². The van der Waals surface area contributed by atoms with Gasteiger partial charge < -0.3 is 11.1 Å². The van der Waals surface area contributed by atoms with E-state index in [0.717, 1.165) is 18.5 Å². The van der Waals surface area contributed by atoms with Crippen LogP contribution in [-0.4, -0.2) is 27.7 Å². The summed E-state index contributed by atoms with van der Waals surface area (Å²) in [6.45, 7) is 0. The number of anilines is 2. The second-order valence-electron chi connectivity index (χ2n) is 3.60. The molecule has 0 aliphatic carbocycles. The fraction of sp³-hybridized carbons (Fsp3) is 0.0909. The van der Waals surface area contributed by atoms with Crippen molar-refractivity contribution in [2.75, 3.05) is 18.1 Å². The standard InChI is InChI=1S/C11H10F2N6/c1-16-10-7(13)4-18-11(19-10)8(14)6-2-5(12)3-17-9(6)15/h2-4,14H,1H3,(H2,15,17)(H,16,18,19). The van der Waals surface area contributed by atoms with Gasteiger partial charge in [-0.15, -0.1) is 0 Å². The number of nitrogen functional groups attached to an aromatic ring is 1. The lowest BCUT2D eigenvalue weighted by Crippen LogP contribution is -2.13. The Bertz CT molecular complexity index is 643. The van der Waals surface area contributed by atoms with Crippen LogP contribution in [0.2, 0.25) is 0 Å². The number of hydrogen-bond acceptors (Lipinski definition) is 6. The number of nitrogens with one attached hydrogen (secondary N) is 2. The average molecular weight is 264 g/mol. The smallest absolute Gasteiger partial charge is 0.183 e. The third kappa shape index (κ3) is 2.46. The van der Waals surface area contributed by atoms with Crippen molar-refractivity contribution in [1.29, 1.82) is 5.41 Å². The molecule has 0 radical (unpaired) electrons. The SMILES string of the molecule is CNc1nc(C(=N)c2cc(F)cnc2N)ncc1F. The molecule has 2 aromatic rings. The van der Waals surface area contributed by atoms with Gasteiger partial charge in [0.2, 0.25) is 0 Å². The molecule has 0 bridgehead atoms. The number of aromatic nitrogens is 3. The number of nitrogens with zero attached hydrogens (tertiary/aromatic N) is 3. The highest BCUT2D eigenvalue weighted by Gasteiger charge is 2.15. The quantitative estimate of drug-likeness (QED) is 0.723. The summed E-state index contributed by atoms with van der Waals surface area (Å²) in [6.07, 6.45) is 1.86. The van der Waals surface area contributed by atoms with Crippen LogP contribution in [0.1, 0.15) is 11.4 Å². The summed E-state index contributed by atoms with van der Waals surface area (Å²) in [5.74, 6) is -1.44. The molecule has 0 aliphatic rings. The van der Waals surface area contributed by atoms with E-state index in [9.17, 15) is 8.78 Å². The summed E-state index contributed by atoms with van der Waals surface area (Å²) in [5, 5.41) is 10.4. The van der Waals surface area contributed by atoms with E-state index in [1.54, 1.807) is 0 Å². The number of nitrogens with two attached hydrogens (primary N) is 1. The molecule has 0 aliphatic heterocycles. The Labute approximate surface area is 107 Å². The molecule has 2 rings (SSSR count). The zero-order valence-electron chi connectivity index (χ0n) is 9.91. The molecule has 0 aromatic carbocycles. The number of hydrogen-bond donors (Lipinski definition) is 3. The maximum Gasteiger partial charge on any atom is 0.183 e. The maximum atomic E-state index is 13.2. The minimum absolute atomic E-state index is 0.0228. The number of pyridine rings is 1. The third-order valence-corrected chi connectivity index (χ3v) is 2.36. The van der Waals surface area contributed by atoms with Crippen LogP contribution in [-0.2, 0) is 0 Å². The van der Waals surface area contributed by atoms with E-state index >= 15 is 0 Å². The molecule has 2 aromatic heterocycles. The molecule has 4 N–H and O–H groups in total. The van der Waals surface area contributed by atoms with Gasteiger partial charge in [-0.2, -0.15) is 0 Å². The van der Waals surface area contributed by atoms with Crippen molar-refractivity contribution in [3.63, 3.8) is 0 Å². The van der Waals surface area contributed by atoms with Crippen molar-refractivity contribution in [3.05, 3.63) is 41.5 Å². The Morgan fingerprint density at radius 3 is 2.74 bits per heavy atom. The summed E-state index contributed by atoms with van der Waals surface area (Å²) in [5.41, 5.74) is 5.38. The normalized spacial score (nSPS) is 10.3. The van der Waals surface area contributed by atoms with Crippen LogP contribution in [0.15, 0.2) is 18.5 Å². The monoisotopic (exact) mass is 264 g/mol. The van der Waals surface area contributed by atoms with Gasteiger partial charge in [-0.25, -0.2) is 23.7 Å². The molecule has 98 valence electrons. The predicted octanol–water partition coefficient (Wildman–Crippen LogP) is 1.19. The minimum Gasteiger partial charge on any atom is -0.383 e. The molecule has 0 atom stereocenters. The Balaban J connectivity index is 2.47. The zero-order chi connectivity index (χ0) is 14.0. The fourth-order valence-electron chi connectivity index (χ4n) is 1.43. The van der Waals surface area contributed by atoms with E-state index in [1.165, 1.54) is 7.05 Å². The molecule has 2 heterocycles. The van der Waals surface area contributed by atoms with Crippen LogP contribution >= 0.6 is 0 Å².